The van der Waals surface area contributed by atoms with Crippen molar-refractivity contribution in [3.63, 3.8) is 0 Å². The zero-order valence-electron chi connectivity index (χ0n) is 7.89. The summed E-state index contributed by atoms with van der Waals surface area (Å²) in [5.74, 6) is 0. The molecule has 0 fully saturated rings. The van der Waals surface area contributed by atoms with Crippen LogP contribution in [0.15, 0.2) is 6.07 Å². The van der Waals surface area contributed by atoms with Crippen molar-refractivity contribution < 1.29 is 0 Å². The highest BCUT2D eigenvalue weighted by molar-refractivity contribution is 5.19. The van der Waals surface area contributed by atoms with E-state index in [1.54, 1.807) is 0 Å². The van der Waals surface area contributed by atoms with Gasteiger partial charge in [0.05, 0.1) is 11.4 Å². The lowest BCUT2D eigenvalue weighted by atomic mass is 10.2. The highest BCUT2D eigenvalue weighted by Gasteiger charge is 1.99. The van der Waals surface area contributed by atoms with Gasteiger partial charge in [0.25, 0.3) is 0 Å². The second kappa shape index (κ2) is 4.16. The minimum absolute atomic E-state index is 0.888. The van der Waals surface area contributed by atoms with Crippen molar-refractivity contribution in [2.75, 3.05) is 6.54 Å². The summed E-state index contributed by atoms with van der Waals surface area (Å²) in [6.07, 6.45) is 0. The first-order valence-electron chi connectivity index (χ1n) is 4.24. The Balaban J connectivity index is 2.75. The van der Waals surface area contributed by atoms with Gasteiger partial charge in [-0.1, -0.05) is 6.92 Å². The van der Waals surface area contributed by atoms with Gasteiger partial charge in [-0.15, -0.1) is 0 Å². The Bertz CT molecular complexity index is 258. The Kier molecular flexibility index (Phi) is 3.17. The second-order valence-electron chi connectivity index (χ2n) is 2.88. The van der Waals surface area contributed by atoms with Gasteiger partial charge in [-0.25, -0.2) is 0 Å². The molecule has 66 valence electrons. The van der Waals surface area contributed by atoms with Gasteiger partial charge < -0.3 is 5.32 Å². The van der Waals surface area contributed by atoms with Gasteiger partial charge in [0.2, 0.25) is 0 Å². The molecule has 0 saturated heterocycles. The SMILES string of the molecule is CCNCc1cc(C)nnc1C. The van der Waals surface area contributed by atoms with Gasteiger partial charge in [-0.3, -0.25) is 0 Å². The summed E-state index contributed by atoms with van der Waals surface area (Å²) in [4.78, 5) is 0. The Morgan fingerprint density at radius 1 is 1.33 bits per heavy atom. The highest BCUT2D eigenvalue weighted by atomic mass is 15.1. The van der Waals surface area contributed by atoms with E-state index in [0.717, 1.165) is 24.5 Å². The number of rotatable bonds is 3. The molecule has 0 bridgehead atoms. The maximum absolute atomic E-state index is 4.04. The van der Waals surface area contributed by atoms with Crippen LogP contribution < -0.4 is 5.32 Å². The molecule has 0 amide bonds. The normalized spacial score (nSPS) is 10.2. The third kappa shape index (κ3) is 2.27. The smallest absolute Gasteiger partial charge is 0.0645 e. The first-order valence-corrected chi connectivity index (χ1v) is 4.24. The molecule has 0 aliphatic rings. The molecule has 0 aliphatic heterocycles. The summed E-state index contributed by atoms with van der Waals surface area (Å²) >= 11 is 0. The Morgan fingerprint density at radius 3 is 2.75 bits per heavy atom. The average Bonchev–Trinajstić information content (AvgIpc) is 2.07. The minimum Gasteiger partial charge on any atom is -0.313 e. The first-order chi connectivity index (χ1) is 5.74. The van der Waals surface area contributed by atoms with Crippen LogP contribution in [-0.2, 0) is 6.54 Å². The van der Waals surface area contributed by atoms with Crippen molar-refractivity contribution in [2.45, 2.75) is 27.3 Å². The molecule has 0 atom stereocenters. The predicted molar refractivity (Wildman–Crippen MR) is 48.9 cm³/mol. The van der Waals surface area contributed by atoms with Crippen LogP contribution in [0.4, 0.5) is 0 Å². The van der Waals surface area contributed by atoms with Crippen LogP contribution in [0.25, 0.3) is 0 Å². The summed E-state index contributed by atoms with van der Waals surface area (Å²) in [5, 5.41) is 11.3. The van der Waals surface area contributed by atoms with Crippen molar-refractivity contribution in [1.29, 1.82) is 0 Å². The molecule has 12 heavy (non-hydrogen) atoms. The van der Waals surface area contributed by atoms with Crippen LogP contribution in [0.5, 0.6) is 0 Å². The van der Waals surface area contributed by atoms with Crippen LogP contribution >= 0.6 is 0 Å². The highest BCUT2D eigenvalue weighted by Crippen LogP contribution is 2.03. The molecule has 3 heteroatoms. The quantitative estimate of drug-likeness (QED) is 0.731. The van der Waals surface area contributed by atoms with Crippen molar-refractivity contribution >= 4 is 0 Å². The number of aryl methyl sites for hydroxylation is 2. The molecule has 0 unspecified atom stereocenters. The summed E-state index contributed by atoms with van der Waals surface area (Å²) in [6.45, 7) is 7.91. The van der Waals surface area contributed by atoms with E-state index in [2.05, 4.69) is 28.5 Å². The van der Waals surface area contributed by atoms with Crippen molar-refractivity contribution in [2.24, 2.45) is 0 Å². The Labute approximate surface area is 73.2 Å². The molecular weight excluding hydrogens is 150 g/mol. The van der Waals surface area contributed by atoms with Gasteiger partial charge in [0.15, 0.2) is 0 Å². The van der Waals surface area contributed by atoms with Crippen LogP contribution in [-0.4, -0.2) is 16.7 Å². The first kappa shape index (κ1) is 9.13. The Morgan fingerprint density at radius 2 is 2.08 bits per heavy atom. The van der Waals surface area contributed by atoms with Gasteiger partial charge in [0, 0.05) is 6.54 Å². The Hall–Kier alpha value is -0.960. The molecule has 3 nitrogen and oxygen atoms in total. The van der Waals surface area contributed by atoms with E-state index in [9.17, 15) is 0 Å². The molecule has 1 aromatic heterocycles. The molecule has 1 N–H and O–H groups in total. The summed E-state index contributed by atoms with van der Waals surface area (Å²) < 4.78 is 0. The molecule has 0 aliphatic carbocycles. The molecule has 0 radical (unpaired) electrons. The van der Waals surface area contributed by atoms with E-state index in [1.165, 1.54) is 5.56 Å². The topological polar surface area (TPSA) is 37.8 Å². The van der Waals surface area contributed by atoms with Crippen molar-refractivity contribution in [3.8, 4) is 0 Å². The van der Waals surface area contributed by atoms with E-state index in [1.807, 2.05) is 13.8 Å². The third-order valence-corrected chi connectivity index (χ3v) is 1.77. The number of aromatic nitrogens is 2. The predicted octanol–water partition coefficient (Wildman–Crippen LogP) is 1.20. The average molecular weight is 165 g/mol. The molecule has 1 heterocycles. The van der Waals surface area contributed by atoms with Gasteiger partial charge in [0.1, 0.15) is 0 Å². The van der Waals surface area contributed by atoms with E-state index >= 15 is 0 Å². The zero-order chi connectivity index (χ0) is 8.97. The lowest BCUT2D eigenvalue weighted by Crippen LogP contribution is -2.13. The van der Waals surface area contributed by atoms with Gasteiger partial charge in [-0.05, 0) is 32.0 Å². The van der Waals surface area contributed by atoms with Gasteiger partial charge in [-0.2, -0.15) is 10.2 Å². The summed E-state index contributed by atoms with van der Waals surface area (Å²) in [5.41, 5.74) is 3.24. The molecule has 0 saturated carbocycles. The third-order valence-electron chi connectivity index (χ3n) is 1.77. The largest absolute Gasteiger partial charge is 0.313 e. The maximum Gasteiger partial charge on any atom is 0.0645 e. The molecule has 1 aromatic rings. The number of nitrogens with one attached hydrogen (secondary N) is 1. The standard InChI is InChI=1S/C9H15N3/c1-4-10-6-9-5-7(2)11-12-8(9)3/h5,10H,4,6H2,1-3H3. The van der Waals surface area contributed by atoms with E-state index in [-0.39, 0.29) is 0 Å². The van der Waals surface area contributed by atoms with Crippen molar-refractivity contribution in [1.82, 2.24) is 15.5 Å². The monoisotopic (exact) mass is 165 g/mol. The lowest BCUT2D eigenvalue weighted by molar-refractivity contribution is 0.712. The molecule has 0 spiro atoms. The molecular formula is C9H15N3. The fourth-order valence-corrected chi connectivity index (χ4v) is 1.04. The number of nitrogens with zero attached hydrogens (tertiary/aromatic N) is 2. The van der Waals surface area contributed by atoms with E-state index in [0.29, 0.717) is 0 Å². The zero-order valence-corrected chi connectivity index (χ0v) is 7.89. The van der Waals surface area contributed by atoms with Crippen LogP contribution in [0.2, 0.25) is 0 Å². The van der Waals surface area contributed by atoms with Crippen LogP contribution in [0, 0.1) is 13.8 Å². The van der Waals surface area contributed by atoms with Gasteiger partial charge >= 0.3 is 0 Å². The molecule has 0 aromatic carbocycles. The number of hydrogen-bond donors (Lipinski definition) is 1. The van der Waals surface area contributed by atoms with E-state index < -0.39 is 0 Å². The lowest BCUT2D eigenvalue weighted by Gasteiger charge is -2.04. The summed E-state index contributed by atoms with van der Waals surface area (Å²) in [6, 6.07) is 2.07. The minimum atomic E-state index is 0.888. The van der Waals surface area contributed by atoms with E-state index in [4.69, 9.17) is 0 Å². The fourth-order valence-electron chi connectivity index (χ4n) is 1.04. The molecule has 1 rings (SSSR count). The second-order valence-corrected chi connectivity index (χ2v) is 2.88. The fraction of sp³-hybridized carbons (Fsp3) is 0.556. The van der Waals surface area contributed by atoms with Crippen LogP contribution in [0.3, 0.4) is 0 Å². The number of hydrogen-bond acceptors (Lipinski definition) is 3. The van der Waals surface area contributed by atoms with Crippen LogP contribution in [0.1, 0.15) is 23.9 Å². The van der Waals surface area contributed by atoms with Crippen molar-refractivity contribution in [3.05, 3.63) is 23.0 Å². The summed E-state index contributed by atoms with van der Waals surface area (Å²) in [7, 11) is 0. The maximum atomic E-state index is 4.04.